The van der Waals surface area contributed by atoms with Crippen LogP contribution in [0.1, 0.15) is 47.0 Å². The second-order valence-corrected chi connectivity index (χ2v) is 8.89. The molecule has 1 saturated carbocycles. The summed E-state index contributed by atoms with van der Waals surface area (Å²) >= 11 is 12.1. The van der Waals surface area contributed by atoms with Gasteiger partial charge < -0.3 is 5.32 Å². The van der Waals surface area contributed by atoms with Gasteiger partial charge in [-0.1, -0.05) is 6.92 Å². The molecule has 1 aliphatic carbocycles. The summed E-state index contributed by atoms with van der Waals surface area (Å²) in [6, 6.07) is 0. The Morgan fingerprint density at radius 2 is 2.05 bits per heavy atom. The molecule has 1 amide bonds. The van der Waals surface area contributed by atoms with Gasteiger partial charge in [0.1, 0.15) is 4.33 Å². The zero-order valence-corrected chi connectivity index (χ0v) is 14.4. The summed E-state index contributed by atoms with van der Waals surface area (Å²) in [4.78, 5) is 14.7. The maximum absolute atomic E-state index is 12.2. The Kier molecular flexibility index (Phi) is 4.37. The van der Waals surface area contributed by atoms with Crippen LogP contribution in [0.3, 0.4) is 0 Å². The molecule has 2 unspecified atom stereocenters. The number of nitrogens with zero attached hydrogens (tertiary/aromatic N) is 1. The van der Waals surface area contributed by atoms with Crippen molar-refractivity contribution in [2.75, 3.05) is 19.6 Å². The third-order valence-electron chi connectivity index (χ3n) is 4.95. The Bertz CT molecular complexity index is 397. The topological polar surface area (TPSA) is 32.3 Å². The summed E-state index contributed by atoms with van der Waals surface area (Å²) in [6.45, 7) is 11.4. The van der Waals surface area contributed by atoms with E-state index in [1.807, 2.05) is 6.92 Å². The molecule has 1 saturated heterocycles. The molecule has 20 heavy (non-hydrogen) atoms. The maximum atomic E-state index is 12.2. The summed E-state index contributed by atoms with van der Waals surface area (Å²) in [6.07, 6.45) is 3.08. The van der Waals surface area contributed by atoms with E-state index >= 15 is 0 Å². The fraction of sp³-hybridized carbons (Fsp3) is 0.933. The molecule has 2 atom stereocenters. The molecule has 1 N–H and O–H groups in total. The molecule has 0 aromatic rings. The Morgan fingerprint density at radius 3 is 2.55 bits per heavy atom. The molecule has 1 aliphatic heterocycles. The molecule has 0 aromatic heterocycles. The largest absolute Gasteiger partial charge is 0.354 e. The van der Waals surface area contributed by atoms with Crippen LogP contribution in [0.2, 0.25) is 0 Å². The van der Waals surface area contributed by atoms with E-state index in [0.717, 1.165) is 19.0 Å². The van der Waals surface area contributed by atoms with E-state index in [4.69, 9.17) is 23.2 Å². The molecule has 2 aliphatic rings. The number of piperidine rings is 1. The zero-order valence-electron chi connectivity index (χ0n) is 12.9. The second kappa shape index (κ2) is 5.33. The first-order valence-electron chi connectivity index (χ1n) is 7.50. The minimum Gasteiger partial charge on any atom is -0.354 e. The number of hydrogen-bond acceptors (Lipinski definition) is 2. The van der Waals surface area contributed by atoms with Crippen molar-refractivity contribution in [2.45, 2.75) is 56.8 Å². The smallest absolute Gasteiger partial charge is 0.229 e. The normalized spacial score (nSPS) is 33.8. The highest BCUT2D eigenvalue weighted by atomic mass is 35.5. The Hall–Kier alpha value is 0.01000. The molecular weight excluding hydrogens is 295 g/mol. The number of rotatable bonds is 4. The van der Waals surface area contributed by atoms with Crippen LogP contribution in [-0.2, 0) is 4.79 Å². The van der Waals surface area contributed by atoms with Crippen LogP contribution in [0.25, 0.3) is 0 Å². The van der Waals surface area contributed by atoms with E-state index in [1.165, 1.54) is 12.8 Å². The van der Waals surface area contributed by atoms with Crippen molar-refractivity contribution < 1.29 is 4.79 Å². The van der Waals surface area contributed by atoms with Gasteiger partial charge >= 0.3 is 0 Å². The van der Waals surface area contributed by atoms with Gasteiger partial charge in [-0.2, -0.15) is 0 Å². The number of likely N-dealkylation sites (tertiary alicyclic amines) is 1. The Labute approximate surface area is 132 Å². The summed E-state index contributed by atoms with van der Waals surface area (Å²) in [5, 5.41) is 3.04. The highest BCUT2D eigenvalue weighted by Gasteiger charge is 2.67. The van der Waals surface area contributed by atoms with Gasteiger partial charge in [0.25, 0.3) is 0 Å². The summed E-state index contributed by atoms with van der Waals surface area (Å²) in [7, 11) is 0. The van der Waals surface area contributed by atoms with Crippen LogP contribution in [0, 0.1) is 11.3 Å². The molecular formula is C15H26Cl2N2O. The predicted molar refractivity (Wildman–Crippen MR) is 84.2 cm³/mol. The first-order valence-corrected chi connectivity index (χ1v) is 8.25. The zero-order chi connectivity index (χ0) is 15.2. The van der Waals surface area contributed by atoms with Gasteiger partial charge in [-0.05, 0) is 52.5 Å². The average molecular weight is 321 g/mol. The number of carbonyl (C=O) groups is 1. The number of hydrogen-bond donors (Lipinski definition) is 1. The molecule has 3 nitrogen and oxygen atoms in total. The Balaban J connectivity index is 1.88. The van der Waals surface area contributed by atoms with E-state index in [9.17, 15) is 4.79 Å². The average Bonchev–Trinajstić information content (AvgIpc) is 2.87. The van der Waals surface area contributed by atoms with Crippen LogP contribution in [0.15, 0.2) is 0 Å². The fourth-order valence-electron chi connectivity index (χ4n) is 2.99. The molecule has 2 rings (SSSR count). The maximum Gasteiger partial charge on any atom is 0.229 e. The molecule has 0 radical (unpaired) electrons. The van der Waals surface area contributed by atoms with Crippen molar-refractivity contribution >= 4 is 29.1 Å². The molecule has 0 spiro atoms. The van der Waals surface area contributed by atoms with Crippen molar-refractivity contribution in [3.63, 3.8) is 0 Å². The van der Waals surface area contributed by atoms with E-state index in [0.29, 0.717) is 13.0 Å². The molecule has 116 valence electrons. The number of carbonyl (C=O) groups excluding carboxylic acids is 1. The Morgan fingerprint density at radius 1 is 1.45 bits per heavy atom. The van der Waals surface area contributed by atoms with Gasteiger partial charge in [0.05, 0.1) is 5.41 Å². The van der Waals surface area contributed by atoms with Crippen molar-refractivity contribution in [1.82, 2.24) is 10.2 Å². The molecule has 5 heteroatoms. The standard InChI is InChI=1S/C15H26Cl2N2O/c1-11-6-5-7-19(8-11)13(2,3)10-18-12(20)14(4)9-15(14,16)17/h11H,5-10H2,1-4H3,(H,18,20). The van der Waals surface area contributed by atoms with Crippen LogP contribution >= 0.6 is 23.2 Å². The van der Waals surface area contributed by atoms with Crippen LogP contribution in [0.5, 0.6) is 0 Å². The monoisotopic (exact) mass is 320 g/mol. The van der Waals surface area contributed by atoms with Crippen molar-refractivity contribution in [3.8, 4) is 0 Å². The third kappa shape index (κ3) is 3.10. The SMILES string of the molecule is CC1CCCN(C(C)(C)CNC(=O)C2(C)CC2(Cl)Cl)C1. The predicted octanol–water partition coefficient (Wildman–Crippen LogP) is 3.20. The summed E-state index contributed by atoms with van der Waals surface area (Å²) in [5.41, 5.74) is -0.655. The number of halogens is 2. The highest BCUT2D eigenvalue weighted by molar-refractivity contribution is 6.53. The van der Waals surface area contributed by atoms with Crippen molar-refractivity contribution in [1.29, 1.82) is 0 Å². The van der Waals surface area contributed by atoms with E-state index in [1.54, 1.807) is 0 Å². The van der Waals surface area contributed by atoms with Gasteiger partial charge in [-0.15, -0.1) is 23.2 Å². The molecule has 0 aromatic carbocycles. The summed E-state index contributed by atoms with van der Waals surface area (Å²) < 4.78 is -0.888. The van der Waals surface area contributed by atoms with Gasteiger partial charge in [0, 0.05) is 18.6 Å². The van der Waals surface area contributed by atoms with Crippen LogP contribution in [0.4, 0.5) is 0 Å². The van der Waals surface area contributed by atoms with Gasteiger partial charge in [-0.25, -0.2) is 0 Å². The van der Waals surface area contributed by atoms with Crippen molar-refractivity contribution in [3.05, 3.63) is 0 Å². The quantitative estimate of drug-likeness (QED) is 0.807. The minimum absolute atomic E-state index is 0.0272. The molecule has 1 heterocycles. The van der Waals surface area contributed by atoms with Crippen LogP contribution < -0.4 is 5.32 Å². The third-order valence-corrected chi connectivity index (χ3v) is 6.06. The number of alkyl halides is 2. The van der Waals surface area contributed by atoms with E-state index < -0.39 is 9.75 Å². The fourth-order valence-corrected chi connectivity index (χ4v) is 3.70. The van der Waals surface area contributed by atoms with Gasteiger partial charge in [0.2, 0.25) is 5.91 Å². The van der Waals surface area contributed by atoms with Gasteiger partial charge in [-0.3, -0.25) is 9.69 Å². The number of nitrogens with one attached hydrogen (secondary N) is 1. The van der Waals surface area contributed by atoms with Crippen molar-refractivity contribution in [2.24, 2.45) is 11.3 Å². The first kappa shape index (κ1) is 16.4. The molecule has 0 bridgehead atoms. The summed E-state index contributed by atoms with van der Waals surface area (Å²) in [5.74, 6) is 0.707. The van der Waals surface area contributed by atoms with E-state index in [-0.39, 0.29) is 11.4 Å². The minimum atomic E-state index is -0.888. The second-order valence-electron chi connectivity index (χ2n) is 7.40. The number of amides is 1. The first-order chi connectivity index (χ1) is 9.08. The molecule has 2 fully saturated rings. The highest BCUT2D eigenvalue weighted by Crippen LogP contribution is 2.63. The van der Waals surface area contributed by atoms with Gasteiger partial charge in [0.15, 0.2) is 0 Å². The lowest BCUT2D eigenvalue weighted by molar-refractivity contribution is -0.126. The lowest BCUT2D eigenvalue weighted by Gasteiger charge is -2.43. The van der Waals surface area contributed by atoms with Crippen LogP contribution in [-0.4, -0.2) is 40.3 Å². The van der Waals surface area contributed by atoms with E-state index in [2.05, 4.69) is 31.0 Å². The lowest BCUT2D eigenvalue weighted by atomic mass is 9.93. The lowest BCUT2D eigenvalue weighted by Crippen LogP contribution is -2.55.